The molecule has 0 saturated heterocycles. The summed E-state index contributed by atoms with van der Waals surface area (Å²) in [6.07, 6.45) is -5.95. The van der Waals surface area contributed by atoms with Crippen molar-refractivity contribution in [3.05, 3.63) is 0 Å². The van der Waals surface area contributed by atoms with Gasteiger partial charge in [-0.2, -0.15) is 13.2 Å². The highest BCUT2D eigenvalue weighted by molar-refractivity contribution is 5.79. The van der Waals surface area contributed by atoms with Crippen LogP contribution in [-0.2, 0) is 9.59 Å². The summed E-state index contributed by atoms with van der Waals surface area (Å²) in [5, 5.41) is 10.8. The Kier molecular flexibility index (Phi) is 4.77. The lowest BCUT2D eigenvalue weighted by atomic mass is 9.88. The molecule has 1 unspecified atom stereocenters. The number of nitrogens with one attached hydrogen (secondary N) is 1. The molecular weight excluding hydrogens is 227 g/mol. The van der Waals surface area contributed by atoms with Crippen LogP contribution in [0.15, 0.2) is 0 Å². The largest absolute Gasteiger partial charge is 0.481 e. The van der Waals surface area contributed by atoms with Crippen molar-refractivity contribution in [1.82, 2.24) is 5.32 Å². The number of carbonyl (C=O) groups is 2. The number of carboxylic acids is 1. The van der Waals surface area contributed by atoms with Gasteiger partial charge in [0.25, 0.3) is 0 Å². The van der Waals surface area contributed by atoms with Crippen LogP contribution in [0.25, 0.3) is 0 Å². The molecule has 1 atom stereocenters. The van der Waals surface area contributed by atoms with Crippen molar-refractivity contribution in [2.24, 2.45) is 5.41 Å². The van der Waals surface area contributed by atoms with Gasteiger partial charge in [-0.1, -0.05) is 6.92 Å². The maximum Gasteiger partial charge on any atom is 0.397 e. The smallest absolute Gasteiger partial charge is 0.397 e. The third-order valence-electron chi connectivity index (χ3n) is 2.33. The van der Waals surface area contributed by atoms with Gasteiger partial charge in [-0.15, -0.1) is 0 Å². The van der Waals surface area contributed by atoms with Gasteiger partial charge in [-0.3, -0.25) is 9.59 Å². The molecule has 1 amide bonds. The molecule has 0 aromatic heterocycles. The fourth-order valence-electron chi connectivity index (χ4n) is 0.890. The number of hydrogen-bond acceptors (Lipinski definition) is 2. The molecule has 0 radical (unpaired) electrons. The van der Waals surface area contributed by atoms with E-state index in [4.69, 9.17) is 5.11 Å². The number of carbonyl (C=O) groups excluding carboxylic acids is 1. The minimum atomic E-state index is -4.57. The molecule has 16 heavy (non-hydrogen) atoms. The van der Waals surface area contributed by atoms with E-state index in [0.29, 0.717) is 0 Å². The second-order valence-corrected chi connectivity index (χ2v) is 3.79. The average molecular weight is 241 g/mol. The zero-order chi connectivity index (χ0) is 13.0. The highest BCUT2D eigenvalue weighted by Gasteiger charge is 2.34. The summed E-state index contributed by atoms with van der Waals surface area (Å²) in [7, 11) is 0. The van der Waals surface area contributed by atoms with Crippen LogP contribution in [0.2, 0.25) is 0 Å². The molecule has 0 aliphatic heterocycles. The van der Waals surface area contributed by atoms with Crippen molar-refractivity contribution < 1.29 is 27.9 Å². The summed E-state index contributed by atoms with van der Waals surface area (Å²) in [5.41, 5.74) is -1.23. The number of halogens is 3. The lowest BCUT2D eigenvalue weighted by Crippen LogP contribution is -2.41. The Bertz CT molecular complexity index is 278. The quantitative estimate of drug-likeness (QED) is 0.767. The molecule has 0 fully saturated rings. The van der Waals surface area contributed by atoms with Crippen molar-refractivity contribution in [2.75, 3.05) is 6.54 Å². The van der Waals surface area contributed by atoms with Gasteiger partial charge in [-0.25, -0.2) is 0 Å². The molecule has 0 aliphatic rings. The second kappa shape index (κ2) is 5.18. The Morgan fingerprint density at radius 2 is 1.81 bits per heavy atom. The normalized spacial score (nSPS) is 15.3. The Morgan fingerprint density at radius 1 is 1.31 bits per heavy atom. The summed E-state index contributed by atoms with van der Waals surface area (Å²) in [6, 6.07) is 0. The number of alkyl halides is 3. The van der Waals surface area contributed by atoms with Gasteiger partial charge in [0.2, 0.25) is 5.91 Å². The van der Waals surface area contributed by atoms with E-state index in [2.05, 4.69) is 0 Å². The Morgan fingerprint density at radius 3 is 2.12 bits per heavy atom. The van der Waals surface area contributed by atoms with E-state index < -0.39 is 29.9 Å². The summed E-state index contributed by atoms with van der Waals surface area (Å²) in [5.74, 6) is -2.37. The maximum absolute atomic E-state index is 11.8. The van der Waals surface area contributed by atoms with Gasteiger partial charge in [-0.05, 0) is 13.3 Å². The molecule has 0 bridgehead atoms. The third-order valence-corrected chi connectivity index (χ3v) is 2.33. The van der Waals surface area contributed by atoms with Crippen LogP contribution in [-0.4, -0.2) is 29.7 Å². The van der Waals surface area contributed by atoms with Crippen LogP contribution in [0.1, 0.15) is 26.7 Å². The van der Waals surface area contributed by atoms with E-state index in [1.165, 1.54) is 6.92 Å². The predicted molar refractivity (Wildman–Crippen MR) is 49.7 cm³/mol. The van der Waals surface area contributed by atoms with Crippen LogP contribution < -0.4 is 5.32 Å². The molecular formula is C9H14F3NO3. The fraction of sp³-hybridized carbons (Fsp3) is 0.778. The van der Waals surface area contributed by atoms with E-state index in [-0.39, 0.29) is 13.0 Å². The zero-order valence-corrected chi connectivity index (χ0v) is 9.02. The summed E-state index contributed by atoms with van der Waals surface area (Å²) >= 11 is 0. The Labute approximate surface area is 90.8 Å². The van der Waals surface area contributed by atoms with Gasteiger partial charge in [0.1, 0.15) is 6.42 Å². The number of aliphatic carboxylic acids is 1. The summed E-state index contributed by atoms with van der Waals surface area (Å²) < 4.78 is 35.4. The molecule has 7 heteroatoms. The number of rotatable bonds is 5. The van der Waals surface area contributed by atoms with Gasteiger partial charge >= 0.3 is 12.1 Å². The highest BCUT2D eigenvalue weighted by Crippen LogP contribution is 2.21. The average Bonchev–Trinajstić information content (AvgIpc) is 2.11. The monoisotopic (exact) mass is 241 g/mol. The van der Waals surface area contributed by atoms with Crippen LogP contribution in [0.4, 0.5) is 13.2 Å². The molecule has 0 saturated carbocycles. The Hall–Kier alpha value is -1.27. The van der Waals surface area contributed by atoms with Crippen LogP contribution in [0.3, 0.4) is 0 Å². The van der Waals surface area contributed by atoms with Crippen molar-refractivity contribution in [1.29, 1.82) is 0 Å². The van der Waals surface area contributed by atoms with E-state index in [1.54, 1.807) is 6.92 Å². The first-order valence-electron chi connectivity index (χ1n) is 4.67. The van der Waals surface area contributed by atoms with Gasteiger partial charge < -0.3 is 10.4 Å². The maximum atomic E-state index is 11.8. The second-order valence-electron chi connectivity index (χ2n) is 3.79. The lowest BCUT2D eigenvalue weighted by molar-refractivity contribution is -0.154. The summed E-state index contributed by atoms with van der Waals surface area (Å²) in [4.78, 5) is 21.6. The molecule has 0 rings (SSSR count). The summed E-state index contributed by atoms with van der Waals surface area (Å²) in [6.45, 7) is 2.64. The van der Waals surface area contributed by atoms with Crippen molar-refractivity contribution >= 4 is 11.9 Å². The number of amides is 1. The highest BCUT2D eigenvalue weighted by atomic mass is 19.4. The third kappa shape index (κ3) is 4.99. The number of carboxylic acid groups (broad SMARTS) is 1. The van der Waals surface area contributed by atoms with Crippen molar-refractivity contribution in [3.8, 4) is 0 Å². The molecule has 94 valence electrons. The molecule has 0 aliphatic carbocycles. The van der Waals surface area contributed by atoms with E-state index in [9.17, 15) is 22.8 Å². The SMILES string of the molecule is CCC(C)(CNC(=O)CC(F)(F)F)C(=O)O. The Balaban J connectivity index is 4.24. The predicted octanol–water partition coefficient (Wildman–Crippen LogP) is 1.56. The van der Waals surface area contributed by atoms with Crippen molar-refractivity contribution in [3.63, 3.8) is 0 Å². The fourth-order valence-corrected chi connectivity index (χ4v) is 0.890. The van der Waals surface area contributed by atoms with E-state index in [0.717, 1.165) is 0 Å². The standard InChI is InChI=1S/C9H14F3NO3/c1-3-8(2,7(15)16)5-13-6(14)4-9(10,11)12/h3-5H2,1-2H3,(H,13,14)(H,15,16). The lowest BCUT2D eigenvalue weighted by Gasteiger charge is -2.23. The minimum absolute atomic E-state index is 0.217. The van der Waals surface area contributed by atoms with Crippen LogP contribution in [0, 0.1) is 5.41 Å². The van der Waals surface area contributed by atoms with Gasteiger partial charge in [0.15, 0.2) is 0 Å². The van der Waals surface area contributed by atoms with Crippen LogP contribution >= 0.6 is 0 Å². The van der Waals surface area contributed by atoms with E-state index >= 15 is 0 Å². The molecule has 0 heterocycles. The first-order chi connectivity index (χ1) is 7.10. The van der Waals surface area contributed by atoms with Crippen molar-refractivity contribution in [2.45, 2.75) is 32.9 Å². The van der Waals surface area contributed by atoms with Gasteiger partial charge in [0.05, 0.1) is 5.41 Å². The first kappa shape index (κ1) is 14.7. The van der Waals surface area contributed by atoms with E-state index in [1.807, 2.05) is 5.32 Å². The molecule has 0 spiro atoms. The minimum Gasteiger partial charge on any atom is -0.481 e. The molecule has 2 N–H and O–H groups in total. The zero-order valence-electron chi connectivity index (χ0n) is 9.02. The topological polar surface area (TPSA) is 66.4 Å². The molecule has 0 aromatic rings. The number of hydrogen-bond donors (Lipinski definition) is 2. The molecule has 0 aromatic carbocycles. The molecule has 4 nitrogen and oxygen atoms in total. The first-order valence-corrected chi connectivity index (χ1v) is 4.67. The van der Waals surface area contributed by atoms with Gasteiger partial charge in [0, 0.05) is 6.54 Å². The van der Waals surface area contributed by atoms with Crippen LogP contribution in [0.5, 0.6) is 0 Å².